The monoisotopic (exact) mass is 338 g/mol. The lowest BCUT2D eigenvalue weighted by atomic mass is 10.2. The van der Waals surface area contributed by atoms with Crippen LogP contribution < -0.4 is 10.1 Å². The molecule has 0 aliphatic carbocycles. The number of para-hydroxylation sites is 2. The summed E-state index contributed by atoms with van der Waals surface area (Å²) in [6.45, 7) is 1.92. The maximum absolute atomic E-state index is 6.16. The van der Waals surface area contributed by atoms with Crippen molar-refractivity contribution in [2.24, 2.45) is 0 Å². The van der Waals surface area contributed by atoms with E-state index in [0.29, 0.717) is 15.8 Å². The lowest BCUT2D eigenvalue weighted by Gasteiger charge is -2.15. The highest BCUT2D eigenvalue weighted by Crippen LogP contribution is 2.34. The molecule has 2 aromatic rings. The first-order valence-electron chi connectivity index (χ1n) is 7.17. The minimum absolute atomic E-state index is 0.495. The van der Waals surface area contributed by atoms with Crippen molar-refractivity contribution in [3.8, 4) is 11.5 Å². The Morgan fingerprint density at radius 1 is 1.05 bits per heavy atom. The van der Waals surface area contributed by atoms with Gasteiger partial charge in [-0.2, -0.15) is 0 Å². The summed E-state index contributed by atoms with van der Waals surface area (Å²) in [5, 5.41) is 4.48. The third kappa shape index (κ3) is 5.09. The minimum Gasteiger partial charge on any atom is -0.454 e. The van der Waals surface area contributed by atoms with Crippen LogP contribution in [-0.4, -0.2) is 32.1 Å². The van der Waals surface area contributed by atoms with Crippen molar-refractivity contribution in [1.29, 1.82) is 0 Å². The third-order valence-electron chi connectivity index (χ3n) is 3.10. The molecule has 3 nitrogen and oxygen atoms in total. The van der Waals surface area contributed by atoms with Crippen LogP contribution in [-0.2, 0) is 0 Å². The summed E-state index contributed by atoms with van der Waals surface area (Å²) in [6, 6.07) is 13.0. The number of nitrogens with one attached hydrogen (secondary N) is 1. The van der Waals surface area contributed by atoms with E-state index in [2.05, 4.69) is 24.3 Å². The standard InChI is InChI=1S/C17H20Cl2N2O/c1-21(2)11-5-10-20-15-6-3-4-7-17(15)22-16-9-8-13(18)12-14(16)19/h3-4,6-9,12,20H,5,10-11H2,1-2H3. The normalized spacial score (nSPS) is 10.8. The fourth-order valence-corrected chi connectivity index (χ4v) is 2.44. The summed E-state index contributed by atoms with van der Waals surface area (Å²) in [4.78, 5) is 2.16. The summed E-state index contributed by atoms with van der Waals surface area (Å²) >= 11 is 12.1. The van der Waals surface area contributed by atoms with E-state index in [1.807, 2.05) is 24.3 Å². The Morgan fingerprint density at radius 2 is 1.82 bits per heavy atom. The maximum Gasteiger partial charge on any atom is 0.150 e. The molecule has 118 valence electrons. The first kappa shape index (κ1) is 16.9. The topological polar surface area (TPSA) is 24.5 Å². The SMILES string of the molecule is CN(C)CCCNc1ccccc1Oc1ccc(Cl)cc1Cl. The number of hydrogen-bond donors (Lipinski definition) is 1. The highest BCUT2D eigenvalue weighted by molar-refractivity contribution is 6.35. The van der Waals surface area contributed by atoms with Gasteiger partial charge in [-0.15, -0.1) is 0 Å². The molecule has 0 bridgehead atoms. The number of ether oxygens (including phenoxy) is 1. The molecule has 2 aromatic carbocycles. The van der Waals surface area contributed by atoms with Gasteiger partial charge in [-0.1, -0.05) is 35.3 Å². The number of rotatable bonds is 7. The molecule has 5 heteroatoms. The van der Waals surface area contributed by atoms with Crippen molar-refractivity contribution < 1.29 is 4.74 Å². The summed E-state index contributed by atoms with van der Waals surface area (Å²) in [5.41, 5.74) is 0.951. The summed E-state index contributed by atoms with van der Waals surface area (Å²) < 4.78 is 5.91. The molecule has 0 amide bonds. The molecular weight excluding hydrogens is 319 g/mol. The van der Waals surface area contributed by atoms with Crippen LogP contribution in [0.4, 0.5) is 5.69 Å². The fraction of sp³-hybridized carbons (Fsp3) is 0.294. The van der Waals surface area contributed by atoms with Gasteiger partial charge in [-0.25, -0.2) is 0 Å². The van der Waals surface area contributed by atoms with Crippen LogP contribution in [0.15, 0.2) is 42.5 Å². The van der Waals surface area contributed by atoms with Gasteiger partial charge in [-0.05, 0) is 57.4 Å². The van der Waals surface area contributed by atoms with Gasteiger partial charge in [-0.3, -0.25) is 0 Å². The van der Waals surface area contributed by atoms with Gasteiger partial charge >= 0.3 is 0 Å². The predicted octanol–water partition coefficient (Wildman–Crippen LogP) is 5.15. The average Bonchev–Trinajstić information content (AvgIpc) is 2.48. The zero-order valence-electron chi connectivity index (χ0n) is 12.8. The number of benzene rings is 2. The van der Waals surface area contributed by atoms with Crippen LogP contribution in [0.1, 0.15) is 6.42 Å². The fourth-order valence-electron chi connectivity index (χ4n) is 2.00. The molecule has 0 aliphatic heterocycles. The van der Waals surface area contributed by atoms with Gasteiger partial charge in [0.25, 0.3) is 0 Å². The molecule has 0 radical (unpaired) electrons. The molecule has 0 saturated carbocycles. The Kier molecular flexibility index (Phi) is 6.37. The lowest BCUT2D eigenvalue weighted by Crippen LogP contribution is -2.16. The molecule has 0 spiro atoms. The molecular formula is C17H20Cl2N2O. The van der Waals surface area contributed by atoms with Crippen molar-refractivity contribution in [2.45, 2.75) is 6.42 Å². The molecule has 0 heterocycles. The van der Waals surface area contributed by atoms with E-state index >= 15 is 0 Å². The van der Waals surface area contributed by atoms with E-state index in [1.54, 1.807) is 18.2 Å². The summed E-state index contributed by atoms with van der Waals surface area (Å²) in [5.74, 6) is 1.34. The molecule has 0 aromatic heterocycles. The van der Waals surface area contributed by atoms with Crippen LogP contribution in [0.25, 0.3) is 0 Å². The third-order valence-corrected chi connectivity index (χ3v) is 3.63. The van der Waals surface area contributed by atoms with Gasteiger partial charge in [0, 0.05) is 11.6 Å². The van der Waals surface area contributed by atoms with Crippen molar-refractivity contribution in [2.75, 3.05) is 32.5 Å². The van der Waals surface area contributed by atoms with Crippen LogP contribution in [0.3, 0.4) is 0 Å². The van der Waals surface area contributed by atoms with E-state index in [9.17, 15) is 0 Å². The van der Waals surface area contributed by atoms with Crippen molar-refractivity contribution >= 4 is 28.9 Å². The Hall–Kier alpha value is -1.42. The number of nitrogens with zero attached hydrogens (tertiary/aromatic N) is 1. The van der Waals surface area contributed by atoms with E-state index in [0.717, 1.165) is 30.9 Å². The highest BCUT2D eigenvalue weighted by atomic mass is 35.5. The van der Waals surface area contributed by atoms with Gasteiger partial charge in [0.2, 0.25) is 0 Å². The van der Waals surface area contributed by atoms with Gasteiger partial charge in [0.1, 0.15) is 5.75 Å². The molecule has 0 aliphatic rings. The van der Waals surface area contributed by atoms with E-state index in [4.69, 9.17) is 27.9 Å². The minimum atomic E-state index is 0.495. The van der Waals surface area contributed by atoms with E-state index in [1.165, 1.54) is 0 Å². The first-order valence-corrected chi connectivity index (χ1v) is 7.92. The zero-order valence-corrected chi connectivity index (χ0v) is 14.3. The molecule has 22 heavy (non-hydrogen) atoms. The van der Waals surface area contributed by atoms with Gasteiger partial charge in [0.05, 0.1) is 10.7 Å². The van der Waals surface area contributed by atoms with Gasteiger partial charge < -0.3 is 15.0 Å². The van der Waals surface area contributed by atoms with Gasteiger partial charge in [0.15, 0.2) is 5.75 Å². The van der Waals surface area contributed by atoms with Crippen LogP contribution in [0, 0.1) is 0 Å². The smallest absolute Gasteiger partial charge is 0.150 e. The highest BCUT2D eigenvalue weighted by Gasteiger charge is 2.07. The largest absolute Gasteiger partial charge is 0.454 e. The number of anilines is 1. The molecule has 0 unspecified atom stereocenters. The Balaban J connectivity index is 2.04. The van der Waals surface area contributed by atoms with Crippen LogP contribution in [0.2, 0.25) is 10.0 Å². The first-order chi connectivity index (χ1) is 10.6. The summed E-state index contributed by atoms with van der Waals surface area (Å²) in [7, 11) is 4.14. The molecule has 0 atom stereocenters. The second-order valence-corrected chi connectivity index (χ2v) is 6.10. The van der Waals surface area contributed by atoms with Crippen molar-refractivity contribution in [1.82, 2.24) is 4.90 Å². The summed E-state index contributed by atoms with van der Waals surface area (Å²) in [6.07, 6.45) is 1.06. The lowest BCUT2D eigenvalue weighted by molar-refractivity contribution is 0.405. The van der Waals surface area contributed by atoms with Crippen LogP contribution >= 0.6 is 23.2 Å². The second-order valence-electron chi connectivity index (χ2n) is 5.26. The molecule has 1 N–H and O–H groups in total. The Labute approximate surface area is 141 Å². The van der Waals surface area contributed by atoms with E-state index in [-0.39, 0.29) is 0 Å². The van der Waals surface area contributed by atoms with Crippen LogP contribution in [0.5, 0.6) is 11.5 Å². The predicted molar refractivity (Wildman–Crippen MR) is 94.6 cm³/mol. The Morgan fingerprint density at radius 3 is 2.55 bits per heavy atom. The maximum atomic E-state index is 6.16. The molecule has 2 rings (SSSR count). The zero-order chi connectivity index (χ0) is 15.9. The van der Waals surface area contributed by atoms with Crippen molar-refractivity contribution in [3.63, 3.8) is 0 Å². The number of hydrogen-bond acceptors (Lipinski definition) is 3. The Bertz CT molecular complexity index is 617. The quantitative estimate of drug-likeness (QED) is 0.706. The molecule has 0 fully saturated rings. The van der Waals surface area contributed by atoms with Crippen molar-refractivity contribution in [3.05, 3.63) is 52.5 Å². The number of halogens is 2. The second kappa shape index (κ2) is 8.28. The average molecular weight is 339 g/mol. The molecule has 0 saturated heterocycles. The van der Waals surface area contributed by atoms with E-state index < -0.39 is 0 Å².